The Hall–Kier alpha value is -0.970. The number of hydrogen-bond acceptors (Lipinski definition) is 4. The zero-order chi connectivity index (χ0) is 15.2. The van der Waals surface area contributed by atoms with Gasteiger partial charge in [-0.2, -0.15) is 0 Å². The van der Waals surface area contributed by atoms with E-state index in [0.717, 1.165) is 24.5 Å². The van der Waals surface area contributed by atoms with Gasteiger partial charge in [0.25, 0.3) is 0 Å². The van der Waals surface area contributed by atoms with Crippen molar-refractivity contribution >= 4 is 11.6 Å². The van der Waals surface area contributed by atoms with Crippen LogP contribution in [0.2, 0.25) is 5.02 Å². The predicted molar refractivity (Wildman–Crippen MR) is 84.4 cm³/mol. The third-order valence-electron chi connectivity index (χ3n) is 3.53. The van der Waals surface area contributed by atoms with Gasteiger partial charge in [-0.1, -0.05) is 25.4 Å². The Bertz CT molecular complexity index is 465. The third-order valence-corrected chi connectivity index (χ3v) is 3.81. The number of nitrogens with one attached hydrogen (secondary N) is 1. The van der Waals surface area contributed by atoms with E-state index in [4.69, 9.17) is 25.8 Å². The van der Waals surface area contributed by atoms with E-state index in [0.29, 0.717) is 42.6 Å². The van der Waals surface area contributed by atoms with Crippen LogP contribution in [0.3, 0.4) is 0 Å². The summed E-state index contributed by atoms with van der Waals surface area (Å²) in [6.45, 7) is 9.69. The van der Waals surface area contributed by atoms with Crippen LogP contribution in [0.4, 0.5) is 0 Å². The van der Waals surface area contributed by atoms with Gasteiger partial charge in [-0.15, -0.1) is 0 Å². The highest BCUT2D eigenvalue weighted by molar-refractivity contribution is 6.32. The third kappa shape index (κ3) is 4.50. The Labute approximate surface area is 131 Å². The number of halogens is 1. The molecule has 1 heterocycles. The average molecular weight is 314 g/mol. The first-order valence-electron chi connectivity index (χ1n) is 7.51. The molecule has 0 spiro atoms. The van der Waals surface area contributed by atoms with Crippen molar-refractivity contribution in [2.24, 2.45) is 5.92 Å². The molecule has 1 atom stereocenters. The van der Waals surface area contributed by atoms with Crippen molar-refractivity contribution in [2.45, 2.75) is 33.4 Å². The summed E-state index contributed by atoms with van der Waals surface area (Å²) in [6, 6.07) is 4.24. The summed E-state index contributed by atoms with van der Waals surface area (Å²) >= 11 is 6.25. The minimum atomic E-state index is 0.317. The Morgan fingerprint density at radius 2 is 2.05 bits per heavy atom. The van der Waals surface area contributed by atoms with Crippen molar-refractivity contribution in [3.63, 3.8) is 0 Å². The fraction of sp³-hybridized carbons (Fsp3) is 0.625. The van der Waals surface area contributed by atoms with Crippen molar-refractivity contribution in [1.29, 1.82) is 0 Å². The van der Waals surface area contributed by atoms with Gasteiger partial charge in [-0.25, -0.2) is 0 Å². The second-order valence-corrected chi connectivity index (χ2v) is 5.90. The molecule has 21 heavy (non-hydrogen) atoms. The first kappa shape index (κ1) is 16.4. The maximum absolute atomic E-state index is 6.25. The van der Waals surface area contributed by atoms with Crippen molar-refractivity contribution in [3.8, 4) is 11.5 Å². The van der Waals surface area contributed by atoms with Crippen molar-refractivity contribution in [1.82, 2.24) is 5.32 Å². The minimum absolute atomic E-state index is 0.317. The predicted octanol–water partition coefficient (Wildman–Crippen LogP) is 3.26. The van der Waals surface area contributed by atoms with E-state index in [9.17, 15) is 0 Å². The van der Waals surface area contributed by atoms with Crippen LogP contribution in [-0.2, 0) is 11.3 Å². The van der Waals surface area contributed by atoms with Gasteiger partial charge in [-0.3, -0.25) is 0 Å². The van der Waals surface area contributed by atoms with E-state index >= 15 is 0 Å². The minimum Gasteiger partial charge on any atom is -0.486 e. The highest BCUT2D eigenvalue weighted by atomic mass is 35.5. The Morgan fingerprint density at radius 1 is 1.29 bits per heavy atom. The molecule has 0 saturated carbocycles. The van der Waals surface area contributed by atoms with Gasteiger partial charge in [0.15, 0.2) is 11.5 Å². The fourth-order valence-electron chi connectivity index (χ4n) is 2.25. The Balaban J connectivity index is 2.00. The molecule has 0 aliphatic carbocycles. The van der Waals surface area contributed by atoms with E-state index < -0.39 is 0 Å². The van der Waals surface area contributed by atoms with Crippen LogP contribution in [0.25, 0.3) is 0 Å². The van der Waals surface area contributed by atoms with Gasteiger partial charge in [-0.05, 0) is 30.5 Å². The van der Waals surface area contributed by atoms with Crippen LogP contribution in [-0.4, -0.2) is 32.5 Å². The molecular weight excluding hydrogens is 290 g/mol. The molecule has 1 aromatic rings. The van der Waals surface area contributed by atoms with E-state index in [1.54, 1.807) is 0 Å². The van der Waals surface area contributed by atoms with Gasteiger partial charge < -0.3 is 19.5 Å². The highest BCUT2D eigenvalue weighted by Gasteiger charge is 2.18. The van der Waals surface area contributed by atoms with Gasteiger partial charge in [0.05, 0.1) is 11.6 Å². The fourth-order valence-corrected chi connectivity index (χ4v) is 2.53. The van der Waals surface area contributed by atoms with Crippen LogP contribution in [0.15, 0.2) is 12.1 Å². The molecule has 1 unspecified atom stereocenters. The zero-order valence-corrected chi connectivity index (χ0v) is 13.7. The van der Waals surface area contributed by atoms with Gasteiger partial charge in [0.2, 0.25) is 0 Å². The summed E-state index contributed by atoms with van der Waals surface area (Å²) in [5.74, 6) is 1.89. The molecule has 0 saturated heterocycles. The SMILES string of the molecule is CCOCC(NCc1cc(Cl)c2c(c1)OCCO2)C(C)C. The van der Waals surface area contributed by atoms with E-state index in [1.165, 1.54) is 0 Å². The number of rotatable bonds is 7. The summed E-state index contributed by atoms with van der Waals surface area (Å²) in [7, 11) is 0. The molecule has 1 aromatic carbocycles. The molecule has 5 heteroatoms. The number of ether oxygens (including phenoxy) is 3. The molecule has 1 N–H and O–H groups in total. The summed E-state index contributed by atoms with van der Waals surface area (Å²) in [5.41, 5.74) is 1.09. The monoisotopic (exact) mass is 313 g/mol. The quantitative estimate of drug-likeness (QED) is 0.838. The van der Waals surface area contributed by atoms with Crippen LogP contribution in [0.5, 0.6) is 11.5 Å². The first-order valence-corrected chi connectivity index (χ1v) is 7.88. The summed E-state index contributed by atoms with van der Waals surface area (Å²) in [5, 5.41) is 4.13. The average Bonchev–Trinajstić information content (AvgIpc) is 2.47. The second-order valence-electron chi connectivity index (χ2n) is 5.49. The molecule has 1 aliphatic heterocycles. The molecule has 0 fully saturated rings. The lowest BCUT2D eigenvalue weighted by molar-refractivity contribution is 0.108. The molecule has 2 rings (SSSR count). The largest absolute Gasteiger partial charge is 0.486 e. The van der Waals surface area contributed by atoms with Crippen LogP contribution >= 0.6 is 11.6 Å². The lowest BCUT2D eigenvalue weighted by Crippen LogP contribution is -2.37. The molecule has 0 amide bonds. The molecular formula is C16H24ClNO3. The van der Waals surface area contributed by atoms with Crippen molar-refractivity contribution in [2.75, 3.05) is 26.4 Å². The van der Waals surface area contributed by atoms with Gasteiger partial charge >= 0.3 is 0 Å². The van der Waals surface area contributed by atoms with Crippen molar-refractivity contribution in [3.05, 3.63) is 22.7 Å². The smallest absolute Gasteiger partial charge is 0.179 e. The van der Waals surface area contributed by atoms with E-state index in [-0.39, 0.29) is 0 Å². The van der Waals surface area contributed by atoms with Gasteiger partial charge in [0.1, 0.15) is 13.2 Å². The molecule has 0 bridgehead atoms. The maximum atomic E-state index is 6.25. The number of benzene rings is 1. The normalized spacial score (nSPS) is 15.3. The zero-order valence-electron chi connectivity index (χ0n) is 12.9. The highest BCUT2D eigenvalue weighted by Crippen LogP contribution is 2.38. The van der Waals surface area contributed by atoms with Crippen molar-refractivity contribution < 1.29 is 14.2 Å². The Kier molecular flexibility index (Phi) is 6.15. The summed E-state index contributed by atoms with van der Waals surface area (Å²) in [4.78, 5) is 0. The lowest BCUT2D eigenvalue weighted by Gasteiger charge is -2.23. The van der Waals surface area contributed by atoms with Crippen LogP contribution < -0.4 is 14.8 Å². The number of hydrogen-bond donors (Lipinski definition) is 1. The van der Waals surface area contributed by atoms with Crippen LogP contribution in [0, 0.1) is 5.92 Å². The topological polar surface area (TPSA) is 39.7 Å². The van der Waals surface area contributed by atoms with Gasteiger partial charge in [0, 0.05) is 19.2 Å². The standard InChI is InChI=1S/C16H24ClNO3/c1-4-19-10-14(11(2)3)18-9-12-7-13(17)16-15(8-12)20-5-6-21-16/h7-8,11,14,18H,4-6,9-10H2,1-3H3. The molecule has 118 valence electrons. The number of fused-ring (bicyclic) bond motifs is 1. The van der Waals surface area contributed by atoms with E-state index in [2.05, 4.69) is 19.2 Å². The molecule has 0 radical (unpaired) electrons. The van der Waals surface area contributed by atoms with E-state index in [1.807, 2.05) is 19.1 Å². The Morgan fingerprint density at radius 3 is 2.76 bits per heavy atom. The first-order chi connectivity index (χ1) is 10.1. The molecule has 1 aliphatic rings. The summed E-state index contributed by atoms with van der Waals surface area (Å²) < 4.78 is 16.7. The maximum Gasteiger partial charge on any atom is 0.179 e. The second kappa shape index (κ2) is 7.87. The van der Waals surface area contributed by atoms with Crippen LogP contribution in [0.1, 0.15) is 26.3 Å². The summed E-state index contributed by atoms with van der Waals surface area (Å²) in [6.07, 6.45) is 0. The lowest BCUT2D eigenvalue weighted by atomic mass is 10.0. The molecule has 0 aromatic heterocycles. The molecule has 4 nitrogen and oxygen atoms in total.